The highest BCUT2D eigenvalue weighted by Gasteiger charge is 2.27. The molecule has 1 fully saturated rings. The van der Waals surface area contributed by atoms with E-state index in [1.54, 1.807) is 6.26 Å². The topological polar surface area (TPSA) is 73.0 Å². The van der Waals surface area contributed by atoms with E-state index in [4.69, 9.17) is 4.42 Å². The molecular formula is C23H28N4O2S. The predicted octanol–water partition coefficient (Wildman–Crippen LogP) is 5.73. The number of anilines is 1. The lowest BCUT2D eigenvalue weighted by Gasteiger charge is -2.25. The summed E-state index contributed by atoms with van der Waals surface area (Å²) in [5, 5.41) is 12.3. The number of amides is 1. The second-order valence-electron chi connectivity index (χ2n) is 7.75. The second kappa shape index (κ2) is 9.51. The zero-order valence-corrected chi connectivity index (χ0v) is 18.3. The maximum Gasteiger partial charge on any atom is 0.237 e. The molecule has 1 aromatic carbocycles. The van der Waals surface area contributed by atoms with Crippen molar-refractivity contribution < 1.29 is 9.21 Å². The van der Waals surface area contributed by atoms with Gasteiger partial charge in [-0.3, -0.25) is 9.36 Å². The third-order valence-electron chi connectivity index (χ3n) is 5.63. The largest absolute Gasteiger partial charge is 0.461 e. The molecule has 4 rings (SSSR count). The predicted molar refractivity (Wildman–Crippen MR) is 120 cm³/mol. The van der Waals surface area contributed by atoms with Crippen LogP contribution < -0.4 is 5.32 Å². The van der Waals surface area contributed by atoms with Crippen molar-refractivity contribution in [1.82, 2.24) is 14.8 Å². The monoisotopic (exact) mass is 424 g/mol. The SMILES string of the molecule is CCc1ccc(NC(=O)[C@H](C)Sc2nnc(-c3ccco3)n2C2CCCCC2)cc1. The summed E-state index contributed by atoms with van der Waals surface area (Å²) in [5.41, 5.74) is 2.07. The van der Waals surface area contributed by atoms with E-state index in [0.29, 0.717) is 11.8 Å². The Morgan fingerprint density at radius 3 is 2.63 bits per heavy atom. The van der Waals surface area contributed by atoms with E-state index in [2.05, 4.69) is 27.0 Å². The first kappa shape index (κ1) is 20.7. The van der Waals surface area contributed by atoms with Crippen LogP contribution in [0.3, 0.4) is 0 Å². The van der Waals surface area contributed by atoms with Gasteiger partial charge in [0.05, 0.1) is 11.5 Å². The molecule has 1 amide bonds. The number of hydrogen-bond donors (Lipinski definition) is 1. The van der Waals surface area contributed by atoms with E-state index < -0.39 is 0 Å². The maximum atomic E-state index is 12.8. The molecule has 0 radical (unpaired) electrons. The van der Waals surface area contributed by atoms with Crippen LogP contribution in [0.25, 0.3) is 11.6 Å². The molecular weight excluding hydrogens is 396 g/mol. The fraction of sp³-hybridized carbons (Fsp3) is 0.435. The molecule has 1 atom stereocenters. The van der Waals surface area contributed by atoms with Crippen molar-refractivity contribution in [3.8, 4) is 11.6 Å². The molecule has 0 unspecified atom stereocenters. The van der Waals surface area contributed by atoms with Gasteiger partial charge in [0.25, 0.3) is 0 Å². The Hall–Kier alpha value is -2.54. The third-order valence-corrected chi connectivity index (χ3v) is 6.68. The lowest BCUT2D eigenvalue weighted by Crippen LogP contribution is -2.23. The standard InChI is InChI=1S/C23H28N4O2S/c1-3-17-11-13-18(14-12-17)24-22(28)16(2)30-23-26-25-21(20-10-7-15-29-20)27(23)19-8-5-4-6-9-19/h7,10-16,19H,3-6,8-9H2,1-2H3,(H,24,28)/t16-/m0/s1. The van der Waals surface area contributed by atoms with Gasteiger partial charge in [-0.05, 0) is 56.0 Å². The molecule has 158 valence electrons. The van der Waals surface area contributed by atoms with Gasteiger partial charge in [0.15, 0.2) is 10.9 Å². The highest BCUT2D eigenvalue weighted by molar-refractivity contribution is 8.00. The quantitative estimate of drug-likeness (QED) is 0.491. The highest BCUT2D eigenvalue weighted by atomic mass is 32.2. The first-order valence-corrected chi connectivity index (χ1v) is 11.6. The Labute approximate surface area is 181 Å². The molecule has 6 nitrogen and oxygen atoms in total. The zero-order valence-electron chi connectivity index (χ0n) is 17.5. The van der Waals surface area contributed by atoms with Crippen molar-refractivity contribution in [1.29, 1.82) is 0 Å². The molecule has 1 aliphatic carbocycles. The number of aryl methyl sites for hydroxylation is 1. The number of benzene rings is 1. The first-order valence-electron chi connectivity index (χ1n) is 10.7. The van der Waals surface area contributed by atoms with Crippen LogP contribution in [0.2, 0.25) is 0 Å². The number of nitrogens with zero attached hydrogens (tertiary/aromatic N) is 3. The van der Waals surface area contributed by atoms with Gasteiger partial charge in [0, 0.05) is 11.7 Å². The van der Waals surface area contributed by atoms with Gasteiger partial charge in [-0.2, -0.15) is 0 Å². The van der Waals surface area contributed by atoms with Crippen LogP contribution in [0.1, 0.15) is 57.6 Å². The molecule has 1 saturated carbocycles. The van der Waals surface area contributed by atoms with Gasteiger partial charge in [-0.1, -0.05) is 50.1 Å². The molecule has 2 heterocycles. The van der Waals surface area contributed by atoms with Crippen molar-refractivity contribution in [2.24, 2.45) is 0 Å². The molecule has 3 aromatic rings. The summed E-state index contributed by atoms with van der Waals surface area (Å²) >= 11 is 1.45. The number of aromatic nitrogens is 3. The van der Waals surface area contributed by atoms with Crippen LogP contribution in [-0.4, -0.2) is 25.9 Å². The summed E-state index contributed by atoms with van der Waals surface area (Å²) in [6.07, 6.45) is 8.51. The van der Waals surface area contributed by atoms with Crippen LogP contribution in [0.4, 0.5) is 5.69 Å². The van der Waals surface area contributed by atoms with Crippen molar-refractivity contribution >= 4 is 23.4 Å². The number of furan rings is 1. The average Bonchev–Trinajstić information content (AvgIpc) is 3.44. The third kappa shape index (κ3) is 4.61. The number of nitrogens with one attached hydrogen (secondary N) is 1. The van der Waals surface area contributed by atoms with Gasteiger partial charge in [-0.25, -0.2) is 0 Å². The Morgan fingerprint density at radius 1 is 1.20 bits per heavy atom. The van der Waals surface area contributed by atoms with Gasteiger partial charge in [0.1, 0.15) is 0 Å². The van der Waals surface area contributed by atoms with Crippen molar-refractivity contribution in [3.63, 3.8) is 0 Å². The minimum Gasteiger partial charge on any atom is -0.461 e. The van der Waals surface area contributed by atoms with Gasteiger partial charge in [0.2, 0.25) is 11.7 Å². The second-order valence-corrected chi connectivity index (χ2v) is 9.05. The minimum absolute atomic E-state index is 0.0398. The summed E-state index contributed by atoms with van der Waals surface area (Å²) < 4.78 is 7.79. The Bertz CT molecular complexity index is 960. The molecule has 1 N–H and O–H groups in total. The summed E-state index contributed by atoms with van der Waals surface area (Å²) in [5.74, 6) is 1.42. The van der Waals surface area contributed by atoms with Gasteiger partial charge >= 0.3 is 0 Å². The smallest absolute Gasteiger partial charge is 0.237 e. The first-order chi connectivity index (χ1) is 14.7. The summed E-state index contributed by atoms with van der Waals surface area (Å²) in [6.45, 7) is 4.03. The minimum atomic E-state index is -0.299. The van der Waals surface area contributed by atoms with Crippen LogP contribution in [-0.2, 0) is 11.2 Å². The van der Waals surface area contributed by atoms with E-state index in [0.717, 1.165) is 35.9 Å². The van der Waals surface area contributed by atoms with Crippen molar-refractivity contribution in [2.45, 2.75) is 68.8 Å². The summed E-state index contributed by atoms with van der Waals surface area (Å²) in [4.78, 5) is 12.8. The molecule has 0 saturated heterocycles. The van der Waals surface area contributed by atoms with Gasteiger partial charge in [-0.15, -0.1) is 10.2 Å². The zero-order chi connectivity index (χ0) is 20.9. The summed E-state index contributed by atoms with van der Waals surface area (Å²) in [6, 6.07) is 12.1. The van der Waals surface area contributed by atoms with E-state index in [1.165, 1.54) is 36.6 Å². The van der Waals surface area contributed by atoms with Crippen LogP contribution in [0.5, 0.6) is 0 Å². The Balaban J connectivity index is 1.52. The normalized spacial score (nSPS) is 15.8. The highest BCUT2D eigenvalue weighted by Crippen LogP contribution is 2.36. The average molecular weight is 425 g/mol. The molecule has 7 heteroatoms. The van der Waals surface area contributed by atoms with E-state index in [9.17, 15) is 4.79 Å². The van der Waals surface area contributed by atoms with Crippen LogP contribution >= 0.6 is 11.8 Å². The van der Waals surface area contributed by atoms with Crippen LogP contribution in [0, 0.1) is 0 Å². The lowest BCUT2D eigenvalue weighted by molar-refractivity contribution is -0.115. The van der Waals surface area contributed by atoms with Gasteiger partial charge < -0.3 is 9.73 Å². The number of rotatable bonds is 7. The Morgan fingerprint density at radius 2 is 1.97 bits per heavy atom. The molecule has 0 bridgehead atoms. The van der Waals surface area contributed by atoms with E-state index >= 15 is 0 Å². The Kier molecular flexibility index (Phi) is 6.57. The number of carbonyl (C=O) groups excluding carboxylic acids is 1. The summed E-state index contributed by atoms with van der Waals surface area (Å²) in [7, 11) is 0. The van der Waals surface area contributed by atoms with E-state index in [1.807, 2.05) is 43.3 Å². The molecule has 0 aliphatic heterocycles. The maximum absolute atomic E-state index is 12.8. The van der Waals surface area contributed by atoms with Crippen molar-refractivity contribution in [2.75, 3.05) is 5.32 Å². The molecule has 0 spiro atoms. The van der Waals surface area contributed by atoms with E-state index in [-0.39, 0.29) is 11.2 Å². The number of hydrogen-bond acceptors (Lipinski definition) is 5. The van der Waals surface area contributed by atoms with Crippen LogP contribution in [0.15, 0.2) is 52.2 Å². The molecule has 1 aliphatic rings. The molecule has 2 aromatic heterocycles. The molecule has 30 heavy (non-hydrogen) atoms. The number of thioether (sulfide) groups is 1. The fourth-order valence-corrected chi connectivity index (χ4v) is 4.80. The lowest BCUT2D eigenvalue weighted by atomic mass is 9.95. The number of carbonyl (C=O) groups is 1. The fourth-order valence-electron chi connectivity index (χ4n) is 3.88. The van der Waals surface area contributed by atoms with Crippen molar-refractivity contribution in [3.05, 3.63) is 48.2 Å².